The lowest BCUT2D eigenvalue weighted by molar-refractivity contribution is -0.133. The second kappa shape index (κ2) is 31.9. The molecule has 6 aromatic carbocycles. The number of rotatable bonds is 21. The summed E-state index contributed by atoms with van der Waals surface area (Å²) in [5.41, 5.74) is 5.32. The van der Waals surface area contributed by atoms with Crippen LogP contribution in [-0.4, -0.2) is 139 Å². The van der Waals surface area contributed by atoms with Gasteiger partial charge in [-0.25, -0.2) is 0 Å². The largest absolute Gasteiger partial charge is 0.351 e. The summed E-state index contributed by atoms with van der Waals surface area (Å²) in [4.78, 5) is 77.2. The molecular weight excluding hydrogens is 1090 g/mol. The highest BCUT2D eigenvalue weighted by atomic mass is 35.5. The molecule has 448 valence electrons. The lowest BCUT2D eigenvalue weighted by Crippen LogP contribution is -2.54. The molecule has 3 saturated heterocycles. The standard InChI is InChI=1S/C36H36ClN5O3.C35H46N4O2/c37-29-17-14-26(15-18-29)16-19-34(43)39-23-30-20-22-42(25-31(27-9-3-1-4-10-27)28-11-5-2-6-12-28)36(45)33(41-30)24-40-35(44)32-13-7-8-21-38-32;1-26(2)32(28-12-5-3-6-13-28)25-39-22-17-31(37-33(35(39)41)18-21-38-19-9-4-10-20-38)24-36-34(40)30-16-15-27-11-7-8-14-29(27)23-30/h1-19,21,30-31,33,41H,20,22-25H2,(H,39,43)(H,40,44);3,5-8,11-16,23,26,31-33,37H,4,9-10,17-22,24-25H2,1-2H3,(H,36,40)/b19-16+;/t30-,33-;31-,32+,33-/m00/s1. The van der Waals surface area contributed by atoms with Crippen molar-refractivity contribution in [2.75, 3.05) is 65.4 Å². The number of carbonyl (C=O) groups excluding carboxylic acids is 5. The van der Waals surface area contributed by atoms with Crippen LogP contribution in [0.15, 0.2) is 188 Å². The highest BCUT2D eigenvalue weighted by Crippen LogP contribution is 2.29. The zero-order valence-electron chi connectivity index (χ0n) is 49.5. The Morgan fingerprint density at radius 1 is 0.593 bits per heavy atom. The number of nitrogens with zero attached hydrogens (tertiary/aromatic N) is 4. The first-order valence-corrected chi connectivity index (χ1v) is 31.0. The fourth-order valence-electron chi connectivity index (χ4n) is 11.8. The quantitative estimate of drug-likeness (QED) is 0.0440. The summed E-state index contributed by atoms with van der Waals surface area (Å²) >= 11 is 5.95. The van der Waals surface area contributed by atoms with E-state index in [9.17, 15) is 24.0 Å². The number of halogens is 1. The zero-order chi connectivity index (χ0) is 60.0. The maximum absolute atomic E-state index is 14.0. The van der Waals surface area contributed by atoms with E-state index in [0.717, 1.165) is 66.5 Å². The molecule has 0 spiro atoms. The number of aromatic nitrogens is 1. The number of benzene rings is 6. The van der Waals surface area contributed by atoms with Crippen LogP contribution in [-0.2, 0) is 14.4 Å². The highest BCUT2D eigenvalue weighted by Gasteiger charge is 2.35. The van der Waals surface area contributed by atoms with Gasteiger partial charge < -0.3 is 36.0 Å². The Kier molecular flexibility index (Phi) is 23.2. The van der Waals surface area contributed by atoms with Crippen molar-refractivity contribution in [3.8, 4) is 0 Å². The van der Waals surface area contributed by atoms with Crippen molar-refractivity contribution < 1.29 is 24.0 Å². The fourth-order valence-corrected chi connectivity index (χ4v) is 11.9. The van der Waals surface area contributed by atoms with Gasteiger partial charge in [0.1, 0.15) is 11.7 Å². The molecule has 5 atom stereocenters. The molecule has 86 heavy (non-hydrogen) atoms. The first-order valence-electron chi connectivity index (χ1n) is 30.6. The van der Waals surface area contributed by atoms with Crippen molar-refractivity contribution in [2.24, 2.45) is 5.92 Å². The van der Waals surface area contributed by atoms with Crippen LogP contribution in [0, 0.1) is 5.92 Å². The van der Waals surface area contributed by atoms with Crippen LogP contribution < -0.4 is 26.6 Å². The maximum Gasteiger partial charge on any atom is 0.269 e. The molecule has 5 N–H and O–H groups in total. The van der Waals surface area contributed by atoms with E-state index in [-0.39, 0.29) is 71.7 Å². The number of likely N-dealkylation sites (tertiary alicyclic amines) is 1. The maximum atomic E-state index is 14.0. The summed E-state index contributed by atoms with van der Waals surface area (Å²) in [5, 5.41) is 18.9. The third-order valence-electron chi connectivity index (χ3n) is 16.7. The van der Waals surface area contributed by atoms with Crippen molar-refractivity contribution >= 4 is 58.0 Å². The van der Waals surface area contributed by atoms with E-state index in [1.54, 1.807) is 42.6 Å². The molecule has 0 bridgehead atoms. The van der Waals surface area contributed by atoms with Gasteiger partial charge in [0, 0.05) is 99.1 Å². The lowest BCUT2D eigenvalue weighted by Gasteiger charge is -2.32. The van der Waals surface area contributed by atoms with Gasteiger partial charge in [-0.1, -0.05) is 171 Å². The molecule has 5 amide bonds. The Labute approximate surface area is 512 Å². The summed E-state index contributed by atoms with van der Waals surface area (Å²) in [5.74, 6) is 0.0964. The molecule has 1 aromatic heterocycles. The fraction of sp³-hybridized carbons (Fsp3) is 0.352. The summed E-state index contributed by atoms with van der Waals surface area (Å²) < 4.78 is 0. The van der Waals surface area contributed by atoms with Crippen LogP contribution in [0.3, 0.4) is 0 Å². The number of hydrogen-bond acceptors (Lipinski definition) is 9. The number of piperidine rings is 1. The van der Waals surface area contributed by atoms with Crippen LogP contribution >= 0.6 is 11.6 Å². The summed E-state index contributed by atoms with van der Waals surface area (Å²) in [7, 11) is 0. The van der Waals surface area contributed by atoms with E-state index >= 15 is 0 Å². The van der Waals surface area contributed by atoms with Crippen molar-refractivity contribution in [2.45, 2.75) is 88.4 Å². The van der Waals surface area contributed by atoms with Gasteiger partial charge in [0.05, 0.1) is 6.04 Å². The van der Waals surface area contributed by atoms with Crippen LogP contribution in [0.1, 0.15) is 107 Å². The van der Waals surface area contributed by atoms with Crippen molar-refractivity contribution in [1.29, 1.82) is 0 Å². The number of nitrogens with one attached hydrogen (secondary N) is 5. The average molecular weight is 1180 g/mol. The van der Waals surface area contributed by atoms with Gasteiger partial charge in [0.2, 0.25) is 17.7 Å². The van der Waals surface area contributed by atoms with Crippen molar-refractivity contribution in [1.82, 2.24) is 46.3 Å². The molecule has 3 fully saturated rings. The molecule has 15 heteroatoms. The molecule has 14 nitrogen and oxygen atoms in total. The number of pyridine rings is 1. The van der Waals surface area contributed by atoms with E-state index in [1.807, 2.05) is 89.8 Å². The molecule has 0 saturated carbocycles. The topological polar surface area (TPSA) is 168 Å². The first kappa shape index (κ1) is 62.5. The Morgan fingerprint density at radius 2 is 1.16 bits per heavy atom. The summed E-state index contributed by atoms with van der Waals surface area (Å²) in [6, 6.07) is 56.1. The Balaban J connectivity index is 0.000000206. The Bertz CT molecular complexity index is 3270. The predicted octanol–water partition coefficient (Wildman–Crippen LogP) is 10.1. The van der Waals surface area contributed by atoms with E-state index in [1.165, 1.54) is 30.9 Å². The van der Waals surface area contributed by atoms with Gasteiger partial charge in [-0.05, 0) is 127 Å². The Hall–Kier alpha value is -8.01. The second-order valence-electron chi connectivity index (χ2n) is 23.1. The summed E-state index contributed by atoms with van der Waals surface area (Å²) in [6.45, 7) is 10.9. The van der Waals surface area contributed by atoms with Gasteiger partial charge in [-0.3, -0.25) is 34.3 Å². The van der Waals surface area contributed by atoms with Crippen molar-refractivity contribution in [3.05, 3.63) is 227 Å². The van der Waals surface area contributed by atoms with Crippen LogP contribution in [0.2, 0.25) is 5.02 Å². The van der Waals surface area contributed by atoms with Crippen LogP contribution in [0.25, 0.3) is 16.8 Å². The monoisotopic (exact) mass is 1180 g/mol. The molecule has 0 unspecified atom stereocenters. The number of fused-ring (bicyclic) bond motifs is 1. The molecule has 3 aliphatic rings. The molecular formula is C71H82ClN9O5. The number of amides is 5. The van der Waals surface area contributed by atoms with E-state index < -0.39 is 6.04 Å². The lowest BCUT2D eigenvalue weighted by atomic mass is 9.87. The molecule has 0 radical (unpaired) electrons. The third kappa shape index (κ3) is 18.3. The van der Waals surface area contributed by atoms with Crippen molar-refractivity contribution in [3.63, 3.8) is 0 Å². The van der Waals surface area contributed by atoms with Gasteiger partial charge in [-0.2, -0.15) is 0 Å². The van der Waals surface area contributed by atoms with Gasteiger partial charge in [0.15, 0.2) is 0 Å². The minimum atomic E-state index is -0.695. The molecule has 3 aliphatic heterocycles. The second-order valence-corrected chi connectivity index (χ2v) is 23.6. The van der Waals surface area contributed by atoms with Gasteiger partial charge in [0.25, 0.3) is 11.8 Å². The molecule has 7 aromatic rings. The van der Waals surface area contributed by atoms with Gasteiger partial charge in [-0.15, -0.1) is 0 Å². The minimum Gasteiger partial charge on any atom is -0.351 e. The third-order valence-corrected chi connectivity index (χ3v) is 17.0. The molecule has 4 heterocycles. The number of carbonyl (C=O) groups is 5. The SMILES string of the molecule is CC(C)[C@@H](CN1CC[C@@H](CNC(=O)c2ccc3ccccc3c2)N[C@@H](CCN2CCCCC2)C1=O)c1ccccc1.O=C(/C=C/c1ccc(Cl)cc1)NC[C@@H]1CCN(CC(c2ccccc2)c2ccccc2)C(=O)[C@H](CNC(=O)c2ccccn2)N1. The average Bonchev–Trinajstić information content (AvgIpc) is 4.02. The summed E-state index contributed by atoms with van der Waals surface area (Å²) in [6.07, 6.45) is 10.8. The van der Waals surface area contributed by atoms with E-state index in [0.29, 0.717) is 55.6 Å². The smallest absolute Gasteiger partial charge is 0.269 e. The Morgan fingerprint density at radius 3 is 1.80 bits per heavy atom. The normalized spacial score (nSPS) is 18.9. The van der Waals surface area contributed by atoms with Crippen LogP contribution in [0.4, 0.5) is 0 Å². The first-order chi connectivity index (χ1) is 41.9. The van der Waals surface area contributed by atoms with E-state index in [2.05, 4.69) is 116 Å². The zero-order valence-corrected chi connectivity index (χ0v) is 50.3. The molecule has 0 aliphatic carbocycles. The predicted molar refractivity (Wildman–Crippen MR) is 344 cm³/mol. The van der Waals surface area contributed by atoms with E-state index in [4.69, 9.17) is 11.6 Å². The number of hydrogen-bond donors (Lipinski definition) is 5. The van der Waals surface area contributed by atoms with Crippen LogP contribution in [0.5, 0.6) is 0 Å². The minimum absolute atomic E-state index is 0.0330. The molecule has 10 rings (SSSR count). The highest BCUT2D eigenvalue weighted by molar-refractivity contribution is 6.30. The van der Waals surface area contributed by atoms with Gasteiger partial charge >= 0.3 is 0 Å².